The van der Waals surface area contributed by atoms with Crippen LogP contribution >= 0.6 is 0 Å². The second kappa shape index (κ2) is 6.67. The summed E-state index contributed by atoms with van der Waals surface area (Å²) in [6, 6.07) is 0. The molecule has 2 unspecified atom stereocenters. The highest BCUT2D eigenvalue weighted by molar-refractivity contribution is 7.86. The standard InChI is InChI=1S/C12H14N2O9S/c15-8-3-4-9(16)13(8)5-1-2-11(18)23-14-10(17)6-7(12(14)19)24(20,21)22/h3-4,7,12,19H,1-2,5-6H2,(H,20,21,22). The number of carbonyl (C=O) groups is 4. The Bertz CT molecular complexity index is 696. The largest absolute Gasteiger partial charge is 0.369 e. The molecular weight excluding hydrogens is 348 g/mol. The van der Waals surface area contributed by atoms with Crippen LogP contribution in [0.2, 0.25) is 0 Å². The minimum absolute atomic E-state index is 0.0378. The Balaban J connectivity index is 1.83. The fourth-order valence-electron chi connectivity index (χ4n) is 2.22. The Kier molecular flexibility index (Phi) is 5.01. The molecule has 0 saturated carbocycles. The summed E-state index contributed by atoms with van der Waals surface area (Å²) in [7, 11) is -4.69. The molecule has 2 atom stereocenters. The van der Waals surface area contributed by atoms with Crippen LogP contribution in [0.5, 0.6) is 0 Å². The predicted molar refractivity (Wildman–Crippen MR) is 74.0 cm³/mol. The van der Waals surface area contributed by atoms with Gasteiger partial charge in [0.25, 0.3) is 27.8 Å². The third kappa shape index (κ3) is 3.77. The van der Waals surface area contributed by atoms with E-state index in [9.17, 15) is 32.7 Å². The molecular formula is C12H14N2O9S. The minimum atomic E-state index is -4.69. The number of hydroxylamine groups is 2. The molecule has 0 bridgehead atoms. The highest BCUT2D eigenvalue weighted by Crippen LogP contribution is 2.24. The third-order valence-corrected chi connectivity index (χ3v) is 4.62. The molecule has 2 aliphatic rings. The molecule has 1 saturated heterocycles. The van der Waals surface area contributed by atoms with Crippen LogP contribution in [-0.4, -0.2) is 69.8 Å². The van der Waals surface area contributed by atoms with Crippen molar-refractivity contribution in [3.8, 4) is 0 Å². The van der Waals surface area contributed by atoms with Gasteiger partial charge in [0.2, 0.25) is 0 Å². The van der Waals surface area contributed by atoms with Crippen LogP contribution in [0.1, 0.15) is 19.3 Å². The molecule has 132 valence electrons. The number of carbonyl (C=O) groups excluding carboxylic acids is 4. The van der Waals surface area contributed by atoms with Crippen molar-refractivity contribution in [2.24, 2.45) is 0 Å². The van der Waals surface area contributed by atoms with Crippen molar-refractivity contribution in [3.05, 3.63) is 12.2 Å². The number of imide groups is 1. The first-order valence-corrected chi connectivity index (χ1v) is 8.32. The second-order valence-electron chi connectivity index (χ2n) is 5.12. The van der Waals surface area contributed by atoms with Gasteiger partial charge in [-0.05, 0) is 6.42 Å². The van der Waals surface area contributed by atoms with E-state index in [4.69, 9.17) is 4.55 Å². The van der Waals surface area contributed by atoms with E-state index in [1.165, 1.54) is 0 Å². The van der Waals surface area contributed by atoms with E-state index < -0.39 is 51.7 Å². The van der Waals surface area contributed by atoms with Gasteiger partial charge in [-0.3, -0.25) is 23.8 Å². The number of aliphatic hydroxyl groups is 1. The van der Waals surface area contributed by atoms with Gasteiger partial charge >= 0.3 is 5.97 Å². The Morgan fingerprint density at radius 2 is 1.83 bits per heavy atom. The molecule has 1 fully saturated rings. The first-order valence-electron chi connectivity index (χ1n) is 6.82. The van der Waals surface area contributed by atoms with Crippen LogP contribution in [-0.2, 0) is 34.1 Å². The first-order chi connectivity index (χ1) is 11.1. The van der Waals surface area contributed by atoms with Crippen molar-refractivity contribution >= 4 is 33.8 Å². The van der Waals surface area contributed by atoms with E-state index in [-0.39, 0.29) is 24.4 Å². The molecule has 0 spiro atoms. The van der Waals surface area contributed by atoms with Crippen LogP contribution in [0, 0.1) is 0 Å². The van der Waals surface area contributed by atoms with E-state index >= 15 is 0 Å². The topological polar surface area (TPSA) is 159 Å². The van der Waals surface area contributed by atoms with E-state index in [0.29, 0.717) is 0 Å². The molecule has 2 N–H and O–H groups in total. The third-order valence-electron chi connectivity index (χ3n) is 3.44. The highest BCUT2D eigenvalue weighted by Gasteiger charge is 2.48. The van der Waals surface area contributed by atoms with Crippen LogP contribution in [0.3, 0.4) is 0 Å². The van der Waals surface area contributed by atoms with E-state index in [2.05, 4.69) is 4.84 Å². The summed E-state index contributed by atoms with van der Waals surface area (Å²) in [5.74, 6) is -2.96. The molecule has 0 radical (unpaired) electrons. The molecule has 3 amide bonds. The monoisotopic (exact) mass is 362 g/mol. The van der Waals surface area contributed by atoms with Crippen molar-refractivity contribution in [3.63, 3.8) is 0 Å². The molecule has 0 aromatic rings. The van der Waals surface area contributed by atoms with Crippen LogP contribution in [0.15, 0.2) is 12.2 Å². The number of amides is 3. The van der Waals surface area contributed by atoms with Gasteiger partial charge in [0.1, 0.15) is 5.25 Å². The lowest BCUT2D eigenvalue weighted by molar-refractivity contribution is -0.220. The summed E-state index contributed by atoms with van der Waals surface area (Å²) in [6.45, 7) is -0.0378. The molecule has 2 rings (SSSR count). The van der Waals surface area contributed by atoms with E-state index in [1.807, 2.05) is 0 Å². The van der Waals surface area contributed by atoms with Gasteiger partial charge < -0.3 is 9.94 Å². The number of hydrogen-bond donors (Lipinski definition) is 2. The number of aliphatic hydroxyl groups excluding tert-OH is 1. The van der Waals surface area contributed by atoms with Crippen molar-refractivity contribution in [1.29, 1.82) is 0 Å². The lowest BCUT2D eigenvalue weighted by atomic mass is 10.3. The normalized spacial score (nSPS) is 24.2. The lowest BCUT2D eigenvalue weighted by Gasteiger charge is -2.20. The maximum atomic E-state index is 11.6. The summed E-state index contributed by atoms with van der Waals surface area (Å²) in [5.41, 5.74) is 0. The summed E-state index contributed by atoms with van der Waals surface area (Å²) in [6.07, 6.45) is -0.787. The van der Waals surface area contributed by atoms with Gasteiger partial charge in [-0.25, -0.2) is 4.79 Å². The van der Waals surface area contributed by atoms with Crippen molar-refractivity contribution < 1.29 is 42.1 Å². The molecule has 24 heavy (non-hydrogen) atoms. The lowest BCUT2D eigenvalue weighted by Crippen LogP contribution is -2.41. The Hall–Kier alpha value is -2.31. The zero-order valence-electron chi connectivity index (χ0n) is 12.2. The second-order valence-corrected chi connectivity index (χ2v) is 6.75. The van der Waals surface area contributed by atoms with Gasteiger partial charge in [0.05, 0.1) is 6.42 Å². The molecule has 0 aromatic heterocycles. The predicted octanol–water partition coefficient (Wildman–Crippen LogP) is -2.04. The molecule has 11 nitrogen and oxygen atoms in total. The van der Waals surface area contributed by atoms with Crippen molar-refractivity contribution in [1.82, 2.24) is 9.96 Å². The summed E-state index contributed by atoms with van der Waals surface area (Å²) in [5, 5.41) is 8.04. The average Bonchev–Trinajstić information content (AvgIpc) is 2.94. The first kappa shape index (κ1) is 18.0. The zero-order chi connectivity index (χ0) is 18.1. The van der Waals surface area contributed by atoms with E-state index in [0.717, 1.165) is 17.1 Å². The summed E-state index contributed by atoms with van der Waals surface area (Å²) in [4.78, 5) is 51.3. The van der Waals surface area contributed by atoms with Gasteiger partial charge in [0.15, 0.2) is 6.23 Å². The highest BCUT2D eigenvalue weighted by atomic mass is 32.2. The van der Waals surface area contributed by atoms with Crippen molar-refractivity contribution in [2.45, 2.75) is 30.7 Å². The maximum Gasteiger partial charge on any atom is 0.332 e. The van der Waals surface area contributed by atoms with Gasteiger partial charge in [-0.1, -0.05) is 0 Å². The Morgan fingerprint density at radius 1 is 1.25 bits per heavy atom. The molecule has 12 heteroatoms. The Morgan fingerprint density at radius 3 is 2.33 bits per heavy atom. The maximum absolute atomic E-state index is 11.6. The Labute approximate surface area is 136 Å². The van der Waals surface area contributed by atoms with Gasteiger partial charge in [-0.15, -0.1) is 5.06 Å². The average molecular weight is 362 g/mol. The number of nitrogens with zero attached hydrogens (tertiary/aromatic N) is 2. The molecule has 2 heterocycles. The fraction of sp³-hybridized carbons (Fsp3) is 0.500. The summed E-state index contributed by atoms with van der Waals surface area (Å²) >= 11 is 0. The van der Waals surface area contributed by atoms with Crippen LogP contribution < -0.4 is 0 Å². The van der Waals surface area contributed by atoms with Crippen LogP contribution in [0.25, 0.3) is 0 Å². The van der Waals surface area contributed by atoms with Crippen LogP contribution in [0.4, 0.5) is 0 Å². The van der Waals surface area contributed by atoms with E-state index in [1.54, 1.807) is 0 Å². The van der Waals surface area contributed by atoms with Gasteiger partial charge in [0, 0.05) is 25.1 Å². The molecule has 0 aromatic carbocycles. The number of rotatable bonds is 6. The SMILES string of the molecule is O=C(CCCN1C(=O)C=CC1=O)ON1C(=O)CC(S(=O)(=O)O)C1O. The van der Waals surface area contributed by atoms with Crippen molar-refractivity contribution in [2.75, 3.05) is 6.54 Å². The smallest absolute Gasteiger partial charge is 0.332 e. The molecule has 2 aliphatic heterocycles. The number of hydrogen-bond acceptors (Lipinski definition) is 8. The quantitative estimate of drug-likeness (QED) is 0.401. The molecule has 0 aliphatic carbocycles. The summed E-state index contributed by atoms with van der Waals surface area (Å²) < 4.78 is 30.9. The minimum Gasteiger partial charge on any atom is -0.369 e. The zero-order valence-corrected chi connectivity index (χ0v) is 13.0. The fourth-order valence-corrected chi connectivity index (χ4v) is 2.99. The van der Waals surface area contributed by atoms with Gasteiger partial charge in [-0.2, -0.15) is 8.42 Å².